The van der Waals surface area contributed by atoms with Crippen LogP contribution in [0.15, 0.2) is 24.3 Å². The van der Waals surface area contributed by atoms with Crippen LogP contribution in [-0.4, -0.2) is 48.0 Å². The van der Waals surface area contributed by atoms with Crippen molar-refractivity contribution in [2.24, 2.45) is 5.73 Å². The summed E-state index contributed by atoms with van der Waals surface area (Å²) >= 11 is 5.11. The summed E-state index contributed by atoms with van der Waals surface area (Å²) in [5, 5.41) is 0. The van der Waals surface area contributed by atoms with Crippen molar-refractivity contribution < 1.29 is 0 Å². The number of nitrogens with zero attached hydrogens (tertiary/aromatic N) is 2. The van der Waals surface area contributed by atoms with Crippen LogP contribution in [0.4, 0.5) is 0 Å². The molecule has 1 aromatic carbocycles. The van der Waals surface area contributed by atoms with E-state index in [1.807, 2.05) is 18.2 Å². The number of nitrogens with two attached hydrogens (primary N) is 1. The molecule has 3 nitrogen and oxygen atoms in total. The van der Waals surface area contributed by atoms with Gasteiger partial charge < -0.3 is 15.5 Å². The van der Waals surface area contributed by atoms with Gasteiger partial charge in [-0.25, -0.2) is 0 Å². The molecule has 1 fully saturated rings. The number of likely N-dealkylation sites (tertiary alicyclic amines) is 1. The summed E-state index contributed by atoms with van der Waals surface area (Å²) in [5.41, 5.74) is 7.99. The van der Waals surface area contributed by atoms with Crippen LogP contribution >= 0.6 is 12.2 Å². The number of benzene rings is 1. The Labute approximate surface area is 121 Å². The molecule has 2 rings (SSSR count). The van der Waals surface area contributed by atoms with E-state index in [2.05, 4.69) is 22.9 Å². The second-order valence-corrected chi connectivity index (χ2v) is 5.75. The monoisotopic (exact) mass is 277 g/mol. The minimum absolute atomic E-state index is 0.489. The molecule has 0 saturated carbocycles. The summed E-state index contributed by atoms with van der Waals surface area (Å²) in [7, 11) is 2.16. The largest absolute Gasteiger partial charge is 0.389 e. The van der Waals surface area contributed by atoms with Crippen LogP contribution in [-0.2, 0) is 6.54 Å². The van der Waals surface area contributed by atoms with E-state index < -0.39 is 0 Å². The molecule has 19 heavy (non-hydrogen) atoms. The lowest BCUT2D eigenvalue weighted by Crippen LogP contribution is -2.31. The molecular formula is C15H23N3S. The zero-order valence-corrected chi connectivity index (χ0v) is 12.5. The van der Waals surface area contributed by atoms with Crippen LogP contribution in [0.2, 0.25) is 0 Å². The molecule has 2 N–H and O–H groups in total. The molecule has 0 bridgehead atoms. The maximum Gasteiger partial charge on any atom is 0.104 e. The molecular weight excluding hydrogens is 254 g/mol. The number of thiocarbonyl (C=S) groups is 1. The van der Waals surface area contributed by atoms with Gasteiger partial charge in [-0.3, -0.25) is 0 Å². The van der Waals surface area contributed by atoms with Gasteiger partial charge >= 0.3 is 0 Å². The zero-order valence-electron chi connectivity index (χ0n) is 11.6. The molecule has 104 valence electrons. The molecule has 1 aliphatic rings. The van der Waals surface area contributed by atoms with Gasteiger partial charge in [0, 0.05) is 25.2 Å². The number of rotatable bonds is 6. The topological polar surface area (TPSA) is 32.5 Å². The predicted molar refractivity (Wildman–Crippen MR) is 84.3 cm³/mol. The lowest BCUT2D eigenvalue weighted by Gasteiger charge is -2.22. The first kappa shape index (κ1) is 14.4. The van der Waals surface area contributed by atoms with Crippen molar-refractivity contribution in [2.45, 2.75) is 19.4 Å². The maximum absolute atomic E-state index is 5.77. The second kappa shape index (κ2) is 6.98. The van der Waals surface area contributed by atoms with Crippen molar-refractivity contribution in [2.75, 3.05) is 33.2 Å². The fourth-order valence-corrected chi connectivity index (χ4v) is 2.79. The van der Waals surface area contributed by atoms with E-state index in [-0.39, 0.29) is 0 Å². The van der Waals surface area contributed by atoms with Crippen LogP contribution in [0.5, 0.6) is 0 Å². The summed E-state index contributed by atoms with van der Waals surface area (Å²) in [4.78, 5) is 5.37. The Hall–Kier alpha value is -0.970. The minimum Gasteiger partial charge on any atom is -0.389 e. The van der Waals surface area contributed by atoms with E-state index in [0.717, 1.165) is 25.2 Å². The van der Waals surface area contributed by atoms with Crippen LogP contribution < -0.4 is 5.73 Å². The standard InChI is InChI=1S/C15H23N3S/c1-17(10-11-18-8-4-5-9-18)12-13-6-2-3-7-14(13)15(16)19/h2-3,6-7H,4-5,8-12H2,1H3,(H2,16,19). The highest BCUT2D eigenvalue weighted by Crippen LogP contribution is 2.12. The van der Waals surface area contributed by atoms with Gasteiger partial charge in [0.2, 0.25) is 0 Å². The van der Waals surface area contributed by atoms with Gasteiger partial charge in [0.15, 0.2) is 0 Å². The molecule has 0 unspecified atom stereocenters. The van der Waals surface area contributed by atoms with Crippen LogP contribution in [0.3, 0.4) is 0 Å². The summed E-state index contributed by atoms with van der Waals surface area (Å²) in [6.07, 6.45) is 2.71. The van der Waals surface area contributed by atoms with E-state index >= 15 is 0 Å². The van der Waals surface area contributed by atoms with Gasteiger partial charge in [0.05, 0.1) is 0 Å². The summed E-state index contributed by atoms with van der Waals surface area (Å²) in [6.45, 7) is 5.67. The Morgan fingerprint density at radius 2 is 2.00 bits per heavy atom. The first-order valence-electron chi connectivity index (χ1n) is 6.95. The highest BCUT2D eigenvalue weighted by molar-refractivity contribution is 7.80. The third-order valence-corrected chi connectivity index (χ3v) is 3.94. The van der Waals surface area contributed by atoms with E-state index in [0.29, 0.717) is 4.99 Å². The molecule has 0 aromatic heterocycles. The minimum atomic E-state index is 0.489. The van der Waals surface area contributed by atoms with Gasteiger partial charge in [0.1, 0.15) is 4.99 Å². The Bertz CT molecular complexity index is 427. The average molecular weight is 277 g/mol. The molecule has 0 spiro atoms. The summed E-state index contributed by atoms with van der Waals surface area (Å²) in [6, 6.07) is 8.15. The van der Waals surface area contributed by atoms with Gasteiger partial charge in [-0.2, -0.15) is 0 Å². The fourth-order valence-electron chi connectivity index (χ4n) is 2.59. The molecule has 0 amide bonds. The fraction of sp³-hybridized carbons (Fsp3) is 0.533. The van der Waals surface area contributed by atoms with Crippen molar-refractivity contribution in [3.05, 3.63) is 35.4 Å². The lowest BCUT2D eigenvalue weighted by molar-refractivity contribution is 0.252. The summed E-state index contributed by atoms with van der Waals surface area (Å²) < 4.78 is 0. The summed E-state index contributed by atoms with van der Waals surface area (Å²) in [5.74, 6) is 0. The van der Waals surface area contributed by atoms with Crippen molar-refractivity contribution in [3.8, 4) is 0 Å². The second-order valence-electron chi connectivity index (χ2n) is 5.31. The first-order chi connectivity index (χ1) is 9.16. The van der Waals surface area contributed by atoms with Crippen molar-refractivity contribution in [1.82, 2.24) is 9.80 Å². The van der Waals surface area contributed by atoms with Crippen molar-refractivity contribution in [1.29, 1.82) is 0 Å². The number of hydrogen-bond acceptors (Lipinski definition) is 3. The van der Waals surface area contributed by atoms with Crippen LogP contribution in [0.1, 0.15) is 24.0 Å². The highest BCUT2D eigenvalue weighted by atomic mass is 32.1. The molecule has 0 atom stereocenters. The Morgan fingerprint density at radius 1 is 1.32 bits per heavy atom. The lowest BCUT2D eigenvalue weighted by atomic mass is 10.1. The van der Waals surface area contributed by atoms with Crippen molar-refractivity contribution >= 4 is 17.2 Å². The number of likely N-dealkylation sites (N-methyl/N-ethyl adjacent to an activating group) is 1. The Kier molecular flexibility index (Phi) is 5.31. The van der Waals surface area contributed by atoms with Crippen molar-refractivity contribution in [3.63, 3.8) is 0 Å². The van der Waals surface area contributed by atoms with Crippen LogP contribution in [0.25, 0.3) is 0 Å². The average Bonchev–Trinajstić information content (AvgIpc) is 2.90. The Morgan fingerprint density at radius 3 is 2.68 bits per heavy atom. The molecule has 1 aliphatic heterocycles. The third kappa shape index (κ3) is 4.27. The molecule has 0 aliphatic carbocycles. The van der Waals surface area contributed by atoms with E-state index in [4.69, 9.17) is 18.0 Å². The SMILES string of the molecule is CN(CCN1CCCC1)Cc1ccccc1C(N)=S. The van der Waals surface area contributed by atoms with E-state index in [1.54, 1.807) is 0 Å². The maximum atomic E-state index is 5.77. The molecule has 1 saturated heterocycles. The van der Waals surface area contributed by atoms with E-state index in [9.17, 15) is 0 Å². The van der Waals surface area contributed by atoms with Gasteiger partial charge in [-0.15, -0.1) is 0 Å². The molecule has 1 heterocycles. The third-order valence-electron chi connectivity index (χ3n) is 3.72. The number of hydrogen-bond donors (Lipinski definition) is 1. The first-order valence-corrected chi connectivity index (χ1v) is 7.36. The molecule has 1 aromatic rings. The highest BCUT2D eigenvalue weighted by Gasteiger charge is 2.12. The van der Waals surface area contributed by atoms with Gasteiger partial charge in [-0.1, -0.05) is 36.5 Å². The van der Waals surface area contributed by atoms with E-state index in [1.165, 1.54) is 31.5 Å². The molecule has 4 heteroatoms. The normalized spacial score (nSPS) is 16.1. The Balaban J connectivity index is 1.87. The predicted octanol–water partition coefficient (Wildman–Crippen LogP) is 1.85. The van der Waals surface area contributed by atoms with Crippen LogP contribution in [0, 0.1) is 0 Å². The quantitative estimate of drug-likeness (QED) is 0.804. The van der Waals surface area contributed by atoms with Gasteiger partial charge in [0.25, 0.3) is 0 Å². The zero-order chi connectivity index (χ0) is 13.7. The smallest absolute Gasteiger partial charge is 0.104 e. The van der Waals surface area contributed by atoms with Gasteiger partial charge in [-0.05, 0) is 38.5 Å². The molecule has 0 radical (unpaired) electrons.